The van der Waals surface area contributed by atoms with Crippen LogP contribution < -0.4 is 10.3 Å². The Morgan fingerprint density at radius 3 is 2.59 bits per heavy atom. The van der Waals surface area contributed by atoms with E-state index in [0.29, 0.717) is 17.0 Å². The molecule has 0 bridgehead atoms. The smallest absolute Gasteiger partial charge is 0.337 e. The Morgan fingerprint density at radius 1 is 1.14 bits per heavy atom. The summed E-state index contributed by atoms with van der Waals surface area (Å²) in [7, 11) is 1.26. The number of carbonyl (C=O) groups excluding carboxylic acids is 1. The van der Waals surface area contributed by atoms with E-state index in [1.165, 1.54) is 19.2 Å². The summed E-state index contributed by atoms with van der Waals surface area (Å²) in [6.45, 7) is 3.08. The molecule has 0 atom stereocenters. The minimum atomic E-state index is -0.767. The van der Waals surface area contributed by atoms with E-state index in [9.17, 15) is 18.4 Å². The number of hydrogen-bond donors (Lipinski definition) is 1. The molecule has 1 aromatic heterocycles. The summed E-state index contributed by atoms with van der Waals surface area (Å²) in [6, 6.07) is 7.88. The summed E-state index contributed by atoms with van der Waals surface area (Å²) in [4.78, 5) is 31.4. The van der Waals surface area contributed by atoms with Gasteiger partial charge < -0.3 is 14.5 Å². The summed E-state index contributed by atoms with van der Waals surface area (Å²) < 4.78 is 37.4. The third kappa shape index (κ3) is 4.31. The van der Waals surface area contributed by atoms with Gasteiger partial charge in [-0.05, 0) is 49.2 Å². The van der Waals surface area contributed by atoms with Crippen molar-refractivity contribution >= 4 is 5.97 Å². The number of hydrogen-bond acceptors (Lipinski definition) is 5. The minimum Gasteiger partial charge on any atom is -0.472 e. The fraction of sp³-hybridized carbons (Fsp3) is 0.190. The van der Waals surface area contributed by atoms with Crippen LogP contribution >= 0.6 is 0 Å². The Bertz CT molecular complexity index is 1140. The first-order valence-electron chi connectivity index (χ1n) is 8.67. The number of aromatic nitrogens is 2. The van der Waals surface area contributed by atoms with Crippen LogP contribution in [0.4, 0.5) is 8.78 Å². The van der Waals surface area contributed by atoms with Crippen LogP contribution in [0.3, 0.4) is 0 Å². The van der Waals surface area contributed by atoms with Gasteiger partial charge in [0, 0.05) is 11.6 Å². The van der Waals surface area contributed by atoms with E-state index in [4.69, 9.17) is 9.47 Å². The van der Waals surface area contributed by atoms with Crippen molar-refractivity contribution in [3.05, 3.63) is 80.9 Å². The van der Waals surface area contributed by atoms with Gasteiger partial charge in [-0.15, -0.1) is 0 Å². The molecule has 2 aromatic carbocycles. The van der Waals surface area contributed by atoms with Gasteiger partial charge in [-0.25, -0.2) is 13.6 Å². The molecular formula is C21H18F2N2O4. The number of aryl methyl sites for hydroxylation is 2. The molecular weight excluding hydrogens is 382 g/mol. The Morgan fingerprint density at radius 2 is 1.90 bits per heavy atom. The maximum Gasteiger partial charge on any atom is 0.337 e. The number of nitrogens with zero attached hydrogens (tertiary/aromatic N) is 1. The number of aromatic amines is 1. The molecule has 0 amide bonds. The zero-order valence-electron chi connectivity index (χ0n) is 16.0. The van der Waals surface area contributed by atoms with Gasteiger partial charge in [0.1, 0.15) is 29.6 Å². The molecule has 0 aliphatic rings. The van der Waals surface area contributed by atoms with Crippen LogP contribution in [-0.4, -0.2) is 23.0 Å². The highest BCUT2D eigenvalue weighted by Crippen LogP contribution is 2.29. The zero-order chi connectivity index (χ0) is 21.1. The standard InChI is InChI=1S/C21H18F2N2O4/c1-11-4-5-13(21(27)28-3)8-16(11)18-19(26)24-12(2)25-20(18)29-10-14-6-7-15(22)9-17(14)23/h4-9H,10H2,1-3H3,(H,24,25,26). The van der Waals surface area contributed by atoms with E-state index in [1.807, 2.05) is 0 Å². The number of ether oxygens (including phenoxy) is 2. The van der Waals surface area contributed by atoms with Crippen LogP contribution in [0, 0.1) is 25.5 Å². The molecule has 1 heterocycles. The summed E-state index contributed by atoms with van der Waals surface area (Å²) >= 11 is 0. The largest absolute Gasteiger partial charge is 0.472 e. The summed E-state index contributed by atoms with van der Waals surface area (Å²) in [5, 5.41) is 0. The Kier molecular flexibility index (Phi) is 5.72. The molecule has 8 heteroatoms. The van der Waals surface area contributed by atoms with Crippen LogP contribution in [0.15, 0.2) is 41.2 Å². The lowest BCUT2D eigenvalue weighted by Crippen LogP contribution is -2.16. The van der Waals surface area contributed by atoms with Crippen molar-refractivity contribution in [2.75, 3.05) is 7.11 Å². The van der Waals surface area contributed by atoms with Gasteiger partial charge in [-0.2, -0.15) is 4.98 Å². The second-order valence-corrected chi connectivity index (χ2v) is 6.38. The maximum atomic E-state index is 13.9. The third-order valence-electron chi connectivity index (χ3n) is 4.31. The summed E-state index contributed by atoms with van der Waals surface area (Å²) in [5.74, 6) is -1.75. The first-order valence-corrected chi connectivity index (χ1v) is 8.67. The number of halogens is 2. The van der Waals surface area contributed by atoms with Crippen molar-refractivity contribution < 1.29 is 23.0 Å². The number of rotatable bonds is 5. The lowest BCUT2D eigenvalue weighted by atomic mass is 9.99. The van der Waals surface area contributed by atoms with Gasteiger partial charge in [0.05, 0.1) is 12.7 Å². The van der Waals surface area contributed by atoms with Gasteiger partial charge in [0.15, 0.2) is 0 Å². The average Bonchev–Trinajstić information content (AvgIpc) is 2.67. The highest BCUT2D eigenvalue weighted by Gasteiger charge is 2.19. The van der Waals surface area contributed by atoms with E-state index in [2.05, 4.69) is 9.97 Å². The number of nitrogens with one attached hydrogen (secondary N) is 1. The quantitative estimate of drug-likeness (QED) is 0.661. The molecule has 1 N–H and O–H groups in total. The van der Waals surface area contributed by atoms with Gasteiger partial charge in [-0.1, -0.05) is 6.07 Å². The van der Waals surface area contributed by atoms with E-state index in [1.54, 1.807) is 26.0 Å². The summed E-state index contributed by atoms with van der Waals surface area (Å²) in [5.41, 5.74) is 1.11. The second-order valence-electron chi connectivity index (χ2n) is 6.38. The van der Waals surface area contributed by atoms with Crippen molar-refractivity contribution in [1.29, 1.82) is 0 Å². The predicted octanol–water partition coefficient (Wildman–Crippen LogP) is 3.70. The fourth-order valence-electron chi connectivity index (χ4n) is 2.82. The lowest BCUT2D eigenvalue weighted by molar-refractivity contribution is 0.0600. The molecule has 0 unspecified atom stereocenters. The van der Waals surface area contributed by atoms with E-state index >= 15 is 0 Å². The van der Waals surface area contributed by atoms with E-state index in [0.717, 1.165) is 12.1 Å². The van der Waals surface area contributed by atoms with Gasteiger partial charge in [-0.3, -0.25) is 4.79 Å². The third-order valence-corrected chi connectivity index (χ3v) is 4.31. The monoisotopic (exact) mass is 400 g/mol. The Labute approximate surface area is 165 Å². The Hall–Kier alpha value is -3.55. The van der Waals surface area contributed by atoms with Crippen LogP contribution in [0.2, 0.25) is 0 Å². The van der Waals surface area contributed by atoms with Crippen LogP contribution in [0.25, 0.3) is 11.1 Å². The molecule has 6 nitrogen and oxygen atoms in total. The Balaban J connectivity index is 2.06. The normalized spacial score (nSPS) is 10.7. The van der Waals surface area contributed by atoms with Crippen LogP contribution in [0.1, 0.15) is 27.3 Å². The number of methoxy groups -OCH3 is 1. The highest BCUT2D eigenvalue weighted by molar-refractivity contribution is 5.91. The predicted molar refractivity (Wildman–Crippen MR) is 102 cm³/mol. The van der Waals surface area contributed by atoms with Gasteiger partial charge in [0.2, 0.25) is 5.88 Å². The average molecular weight is 400 g/mol. The van der Waals surface area contributed by atoms with Crippen molar-refractivity contribution in [1.82, 2.24) is 9.97 Å². The van der Waals surface area contributed by atoms with Crippen LogP contribution in [-0.2, 0) is 11.3 Å². The van der Waals surface area contributed by atoms with Gasteiger partial charge in [0.25, 0.3) is 5.56 Å². The fourth-order valence-corrected chi connectivity index (χ4v) is 2.82. The van der Waals surface area contributed by atoms with Crippen molar-refractivity contribution in [2.24, 2.45) is 0 Å². The number of benzene rings is 2. The molecule has 0 fully saturated rings. The molecule has 0 aliphatic carbocycles. The van der Waals surface area contributed by atoms with Crippen molar-refractivity contribution in [3.8, 4) is 17.0 Å². The van der Waals surface area contributed by atoms with E-state index in [-0.39, 0.29) is 29.2 Å². The highest BCUT2D eigenvalue weighted by atomic mass is 19.1. The molecule has 0 aliphatic heterocycles. The molecule has 0 radical (unpaired) electrons. The maximum absolute atomic E-state index is 13.9. The molecule has 150 valence electrons. The first-order chi connectivity index (χ1) is 13.8. The van der Waals surface area contributed by atoms with Crippen LogP contribution in [0.5, 0.6) is 5.88 Å². The molecule has 0 saturated carbocycles. The number of H-pyrrole nitrogens is 1. The number of carbonyl (C=O) groups is 1. The minimum absolute atomic E-state index is 0.0277. The SMILES string of the molecule is COC(=O)c1ccc(C)c(-c2c(OCc3ccc(F)cc3F)nc(C)[nH]c2=O)c1. The summed E-state index contributed by atoms with van der Waals surface area (Å²) in [6.07, 6.45) is 0. The van der Waals surface area contributed by atoms with Crippen molar-refractivity contribution in [2.45, 2.75) is 20.5 Å². The zero-order valence-corrected chi connectivity index (χ0v) is 16.0. The molecule has 3 rings (SSSR count). The first kappa shape index (κ1) is 20.2. The van der Waals surface area contributed by atoms with Crippen molar-refractivity contribution in [3.63, 3.8) is 0 Å². The molecule has 3 aromatic rings. The number of esters is 1. The molecule has 0 saturated heterocycles. The molecule has 0 spiro atoms. The van der Waals surface area contributed by atoms with E-state index < -0.39 is 23.2 Å². The second kappa shape index (κ2) is 8.22. The molecule has 29 heavy (non-hydrogen) atoms. The van der Waals surface area contributed by atoms with Gasteiger partial charge >= 0.3 is 5.97 Å². The lowest BCUT2D eigenvalue weighted by Gasteiger charge is -2.13. The topological polar surface area (TPSA) is 81.3 Å².